The third-order valence-corrected chi connectivity index (χ3v) is 4.74. The van der Waals surface area contributed by atoms with Crippen molar-refractivity contribution < 1.29 is 4.74 Å². The molecule has 2 rings (SSSR count). The van der Waals surface area contributed by atoms with Crippen LogP contribution in [-0.4, -0.2) is 50.3 Å². The van der Waals surface area contributed by atoms with Crippen LogP contribution in [-0.2, 0) is 4.74 Å². The topological polar surface area (TPSA) is 24.5 Å². The lowest BCUT2D eigenvalue weighted by Gasteiger charge is -2.45. The second-order valence-electron chi connectivity index (χ2n) is 8.37. The standard InChI is InChI=1S/C17H34N2O/c1-16(2)12-15(13-17(3,4)14-16)18-6-5-7-19-8-10-20-11-9-19/h15,18H,5-14H2,1-4H3. The minimum absolute atomic E-state index is 0.490. The van der Waals surface area contributed by atoms with Crippen molar-refractivity contribution in [2.24, 2.45) is 10.8 Å². The number of rotatable bonds is 5. The van der Waals surface area contributed by atoms with Crippen LogP contribution in [0.3, 0.4) is 0 Å². The maximum absolute atomic E-state index is 5.39. The summed E-state index contributed by atoms with van der Waals surface area (Å²) in [6, 6.07) is 0.707. The second-order valence-corrected chi connectivity index (χ2v) is 8.37. The number of hydrogen-bond donors (Lipinski definition) is 1. The zero-order valence-corrected chi connectivity index (χ0v) is 14.0. The molecule has 0 bridgehead atoms. The third-order valence-electron chi connectivity index (χ3n) is 4.74. The molecule has 0 aromatic rings. The van der Waals surface area contributed by atoms with Gasteiger partial charge in [0.05, 0.1) is 13.2 Å². The fraction of sp³-hybridized carbons (Fsp3) is 1.00. The van der Waals surface area contributed by atoms with Gasteiger partial charge in [-0.15, -0.1) is 0 Å². The Hall–Kier alpha value is -0.120. The van der Waals surface area contributed by atoms with Gasteiger partial charge in [0, 0.05) is 19.1 Å². The van der Waals surface area contributed by atoms with Gasteiger partial charge < -0.3 is 10.1 Å². The lowest BCUT2D eigenvalue weighted by molar-refractivity contribution is 0.0368. The molecule has 0 atom stereocenters. The summed E-state index contributed by atoms with van der Waals surface area (Å²) in [6.07, 6.45) is 5.27. The maximum Gasteiger partial charge on any atom is 0.0594 e. The average molecular weight is 282 g/mol. The van der Waals surface area contributed by atoms with E-state index in [0.29, 0.717) is 16.9 Å². The van der Waals surface area contributed by atoms with Crippen LogP contribution in [0.15, 0.2) is 0 Å². The monoisotopic (exact) mass is 282 g/mol. The van der Waals surface area contributed by atoms with Crippen molar-refractivity contribution in [1.82, 2.24) is 10.2 Å². The summed E-state index contributed by atoms with van der Waals surface area (Å²) >= 11 is 0. The summed E-state index contributed by atoms with van der Waals surface area (Å²) in [7, 11) is 0. The van der Waals surface area contributed by atoms with Crippen LogP contribution < -0.4 is 5.32 Å². The Morgan fingerprint density at radius 3 is 2.25 bits per heavy atom. The number of ether oxygens (including phenoxy) is 1. The quantitative estimate of drug-likeness (QED) is 0.785. The molecule has 1 saturated heterocycles. The van der Waals surface area contributed by atoms with Crippen LogP contribution in [0.4, 0.5) is 0 Å². The van der Waals surface area contributed by atoms with Crippen LogP contribution in [0.25, 0.3) is 0 Å². The molecule has 2 aliphatic rings. The first-order chi connectivity index (χ1) is 9.36. The molecule has 3 nitrogen and oxygen atoms in total. The molecule has 20 heavy (non-hydrogen) atoms. The summed E-state index contributed by atoms with van der Waals surface area (Å²) in [5.74, 6) is 0. The molecular weight excluding hydrogens is 248 g/mol. The van der Waals surface area contributed by atoms with E-state index in [2.05, 4.69) is 37.9 Å². The van der Waals surface area contributed by atoms with E-state index in [4.69, 9.17) is 4.74 Å². The number of hydrogen-bond acceptors (Lipinski definition) is 3. The van der Waals surface area contributed by atoms with Gasteiger partial charge in [0.25, 0.3) is 0 Å². The van der Waals surface area contributed by atoms with E-state index in [9.17, 15) is 0 Å². The summed E-state index contributed by atoms with van der Waals surface area (Å²) in [4.78, 5) is 2.53. The molecule has 0 amide bonds. The smallest absolute Gasteiger partial charge is 0.0594 e. The molecule has 0 aromatic carbocycles. The highest BCUT2D eigenvalue weighted by atomic mass is 16.5. The molecule has 0 spiro atoms. The van der Waals surface area contributed by atoms with Crippen molar-refractivity contribution >= 4 is 0 Å². The van der Waals surface area contributed by atoms with E-state index in [1.165, 1.54) is 32.2 Å². The van der Waals surface area contributed by atoms with Gasteiger partial charge in [0.1, 0.15) is 0 Å². The normalized spacial score (nSPS) is 27.6. The zero-order chi connectivity index (χ0) is 14.6. The third kappa shape index (κ3) is 5.34. The van der Waals surface area contributed by atoms with Crippen LogP contribution in [0.2, 0.25) is 0 Å². The zero-order valence-electron chi connectivity index (χ0n) is 14.0. The molecule has 2 fully saturated rings. The summed E-state index contributed by atoms with van der Waals surface area (Å²) in [5.41, 5.74) is 0.979. The first kappa shape index (κ1) is 16.3. The maximum atomic E-state index is 5.39. The van der Waals surface area contributed by atoms with E-state index < -0.39 is 0 Å². The van der Waals surface area contributed by atoms with Crippen LogP contribution in [0.1, 0.15) is 53.4 Å². The molecule has 1 saturated carbocycles. The van der Waals surface area contributed by atoms with Gasteiger partial charge in [-0.1, -0.05) is 27.7 Å². The van der Waals surface area contributed by atoms with E-state index >= 15 is 0 Å². The lowest BCUT2D eigenvalue weighted by Crippen LogP contribution is -2.44. The van der Waals surface area contributed by atoms with Crippen molar-refractivity contribution in [3.05, 3.63) is 0 Å². The Labute approximate surface area is 125 Å². The fourth-order valence-electron chi connectivity index (χ4n) is 4.42. The molecule has 1 aliphatic heterocycles. The van der Waals surface area contributed by atoms with Gasteiger partial charge in [0.2, 0.25) is 0 Å². The van der Waals surface area contributed by atoms with E-state index in [0.717, 1.165) is 32.8 Å². The van der Waals surface area contributed by atoms with Crippen molar-refractivity contribution in [2.75, 3.05) is 39.4 Å². The van der Waals surface area contributed by atoms with Gasteiger partial charge in [-0.25, -0.2) is 0 Å². The Morgan fingerprint density at radius 1 is 1.05 bits per heavy atom. The highest BCUT2D eigenvalue weighted by Crippen LogP contribution is 2.45. The van der Waals surface area contributed by atoms with Crippen LogP contribution in [0.5, 0.6) is 0 Å². The van der Waals surface area contributed by atoms with E-state index in [1.807, 2.05) is 0 Å². The van der Waals surface area contributed by atoms with Crippen molar-refractivity contribution in [3.63, 3.8) is 0 Å². The predicted octanol–water partition coefficient (Wildman–Crippen LogP) is 2.90. The van der Waals surface area contributed by atoms with E-state index in [-0.39, 0.29) is 0 Å². The molecule has 1 heterocycles. The summed E-state index contributed by atoms with van der Waals surface area (Å²) < 4.78 is 5.39. The highest BCUT2D eigenvalue weighted by molar-refractivity contribution is 4.92. The predicted molar refractivity (Wildman–Crippen MR) is 85.1 cm³/mol. The number of nitrogens with zero attached hydrogens (tertiary/aromatic N) is 1. The van der Waals surface area contributed by atoms with Crippen LogP contribution in [0, 0.1) is 10.8 Å². The summed E-state index contributed by atoms with van der Waals surface area (Å²) in [5, 5.41) is 3.81. The molecule has 0 aromatic heterocycles. The Kier molecular flexibility index (Phi) is 5.49. The molecule has 1 aliphatic carbocycles. The summed E-state index contributed by atoms with van der Waals surface area (Å²) in [6.45, 7) is 16.1. The molecule has 0 radical (unpaired) electrons. The minimum Gasteiger partial charge on any atom is -0.379 e. The van der Waals surface area contributed by atoms with Crippen molar-refractivity contribution in [3.8, 4) is 0 Å². The van der Waals surface area contributed by atoms with Gasteiger partial charge in [-0.05, 0) is 49.6 Å². The number of morpholine rings is 1. The Balaban J connectivity index is 1.65. The molecule has 1 N–H and O–H groups in total. The van der Waals surface area contributed by atoms with Gasteiger partial charge in [-0.2, -0.15) is 0 Å². The Morgan fingerprint density at radius 2 is 1.65 bits per heavy atom. The molecular formula is C17H34N2O. The molecule has 3 heteroatoms. The van der Waals surface area contributed by atoms with Gasteiger partial charge >= 0.3 is 0 Å². The Bertz CT molecular complexity index is 279. The fourth-order valence-corrected chi connectivity index (χ4v) is 4.42. The molecule has 118 valence electrons. The number of nitrogens with one attached hydrogen (secondary N) is 1. The highest BCUT2D eigenvalue weighted by Gasteiger charge is 2.37. The lowest BCUT2D eigenvalue weighted by atomic mass is 9.63. The first-order valence-electron chi connectivity index (χ1n) is 8.40. The minimum atomic E-state index is 0.490. The molecule has 0 unspecified atom stereocenters. The van der Waals surface area contributed by atoms with Gasteiger partial charge in [0.15, 0.2) is 0 Å². The van der Waals surface area contributed by atoms with Crippen molar-refractivity contribution in [1.29, 1.82) is 0 Å². The SMILES string of the molecule is CC1(C)CC(NCCCN2CCOCC2)CC(C)(C)C1. The van der Waals surface area contributed by atoms with Crippen molar-refractivity contribution in [2.45, 2.75) is 59.4 Å². The second kappa shape index (κ2) is 6.76. The van der Waals surface area contributed by atoms with Gasteiger partial charge in [-0.3, -0.25) is 4.90 Å². The largest absolute Gasteiger partial charge is 0.379 e. The first-order valence-corrected chi connectivity index (χ1v) is 8.40. The van der Waals surface area contributed by atoms with E-state index in [1.54, 1.807) is 0 Å². The average Bonchev–Trinajstić information content (AvgIpc) is 2.32. The van der Waals surface area contributed by atoms with Crippen LogP contribution >= 0.6 is 0 Å².